The molecule has 0 aromatic heterocycles. The van der Waals surface area contributed by atoms with E-state index in [1.807, 2.05) is 0 Å². The molecule has 0 spiro atoms. The Morgan fingerprint density at radius 1 is 1.50 bits per heavy atom. The Bertz CT molecular complexity index is 345. The molecule has 4 N–H and O–H groups in total. The highest BCUT2D eigenvalue weighted by molar-refractivity contribution is 5.92. The molecule has 5 heteroatoms. The Hall–Kier alpha value is -1.62. The molecule has 0 aromatic carbocycles. The van der Waals surface area contributed by atoms with E-state index in [0.29, 0.717) is 0 Å². The summed E-state index contributed by atoms with van der Waals surface area (Å²) in [5.74, 6) is -2.32. The topological polar surface area (TPSA) is 101 Å². The van der Waals surface area contributed by atoms with E-state index in [9.17, 15) is 9.59 Å². The number of rotatable bonds is 2. The number of carbonyl (C=O) groups is 2. The van der Waals surface area contributed by atoms with Gasteiger partial charge in [-0.3, -0.25) is 4.79 Å². The molecule has 0 aromatic rings. The highest BCUT2D eigenvalue weighted by Crippen LogP contribution is 2.30. The minimum absolute atomic E-state index is 0.0857. The van der Waals surface area contributed by atoms with Gasteiger partial charge in [0.05, 0.1) is 11.6 Å². The number of nitrogens with two attached hydrogens (primary N) is 1. The van der Waals surface area contributed by atoms with Gasteiger partial charge in [0.2, 0.25) is 0 Å². The fourth-order valence-corrected chi connectivity index (χ4v) is 1.29. The molecule has 0 fully saturated rings. The van der Waals surface area contributed by atoms with Gasteiger partial charge in [-0.1, -0.05) is 18.2 Å². The second kappa shape index (κ2) is 3.26. The molecule has 1 rings (SSSR count). The van der Waals surface area contributed by atoms with E-state index in [-0.39, 0.29) is 5.57 Å². The minimum atomic E-state index is -1.34. The van der Waals surface area contributed by atoms with Crippen LogP contribution in [0.5, 0.6) is 0 Å². The van der Waals surface area contributed by atoms with Gasteiger partial charge in [-0.25, -0.2) is 4.79 Å². The van der Waals surface area contributed by atoms with Crippen molar-refractivity contribution in [2.45, 2.75) is 13.0 Å². The average molecular weight is 197 g/mol. The molecule has 14 heavy (non-hydrogen) atoms. The predicted molar refractivity (Wildman–Crippen MR) is 48.6 cm³/mol. The molecule has 1 aliphatic rings. The normalized spacial score (nSPS) is 31.0. The van der Waals surface area contributed by atoms with Crippen LogP contribution in [0.15, 0.2) is 23.8 Å². The molecule has 76 valence electrons. The van der Waals surface area contributed by atoms with Crippen LogP contribution in [0.3, 0.4) is 0 Å². The van der Waals surface area contributed by atoms with Crippen molar-refractivity contribution < 1.29 is 19.8 Å². The summed E-state index contributed by atoms with van der Waals surface area (Å²) in [7, 11) is 0. The zero-order valence-electron chi connectivity index (χ0n) is 7.60. The summed E-state index contributed by atoms with van der Waals surface area (Å²) in [6.07, 6.45) is 4.12. The Kier molecular flexibility index (Phi) is 2.44. The van der Waals surface area contributed by atoms with Crippen LogP contribution in [0, 0.1) is 5.41 Å². The minimum Gasteiger partial charge on any atom is -0.481 e. The lowest BCUT2D eigenvalue weighted by Crippen LogP contribution is -2.48. The second-order valence-electron chi connectivity index (χ2n) is 3.35. The number of hydrogen-bond acceptors (Lipinski definition) is 3. The zero-order valence-corrected chi connectivity index (χ0v) is 7.60. The summed E-state index contributed by atoms with van der Waals surface area (Å²) < 4.78 is 0. The zero-order chi connectivity index (χ0) is 10.9. The molecule has 1 aliphatic carbocycles. The second-order valence-corrected chi connectivity index (χ2v) is 3.35. The van der Waals surface area contributed by atoms with Crippen molar-refractivity contribution in [3.05, 3.63) is 23.8 Å². The predicted octanol–water partition coefficient (Wildman–Crippen LogP) is -0.0146. The molecular formula is C9H11NO4. The van der Waals surface area contributed by atoms with Gasteiger partial charge >= 0.3 is 11.9 Å². The smallest absolute Gasteiger partial charge is 0.333 e. The molecule has 0 bridgehead atoms. The van der Waals surface area contributed by atoms with Crippen molar-refractivity contribution >= 4 is 11.9 Å². The maximum atomic E-state index is 10.9. The number of allylic oxidation sites excluding steroid dienone is 2. The maximum Gasteiger partial charge on any atom is 0.333 e. The summed E-state index contributed by atoms with van der Waals surface area (Å²) >= 11 is 0. The quantitative estimate of drug-likeness (QED) is 0.577. The van der Waals surface area contributed by atoms with Gasteiger partial charge in [0.25, 0.3) is 0 Å². The van der Waals surface area contributed by atoms with E-state index in [1.54, 1.807) is 0 Å². The molecular weight excluding hydrogens is 186 g/mol. The molecule has 0 radical (unpaired) electrons. The fourth-order valence-electron chi connectivity index (χ4n) is 1.29. The van der Waals surface area contributed by atoms with Gasteiger partial charge in [0, 0.05) is 0 Å². The number of carboxylic acids is 2. The number of hydrogen-bond donors (Lipinski definition) is 3. The lowest BCUT2D eigenvalue weighted by atomic mass is 9.76. The molecule has 0 amide bonds. The molecule has 2 atom stereocenters. The summed E-state index contributed by atoms with van der Waals surface area (Å²) in [5.41, 5.74) is 4.15. The third-order valence-corrected chi connectivity index (χ3v) is 2.41. The summed E-state index contributed by atoms with van der Waals surface area (Å²) in [6, 6.07) is -1.03. The first-order valence-electron chi connectivity index (χ1n) is 4.01. The third kappa shape index (κ3) is 1.42. The van der Waals surface area contributed by atoms with Gasteiger partial charge in [-0.05, 0) is 6.92 Å². The lowest BCUT2D eigenvalue weighted by molar-refractivity contribution is -0.146. The largest absolute Gasteiger partial charge is 0.481 e. The monoisotopic (exact) mass is 197 g/mol. The molecule has 5 nitrogen and oxygen atoms in total. The summed E-state index contributed by atoms with van der Waals surface area (Å²) in [5, 5.41) is 17.7. The highest BCUT2D eigenvalue weighted by atomic mass is 16.4. The number of aliphatic carboxylic acids is 2. The van der Waals surface area contributed by atoms with Crippen LogP contribution >= 0.6 is 0 Å². The van der Waals surface area contributed by atoms with Crippen molar-refractivity contribution in [3.8, 4) is 0 Å². The molecule has 0 saturated heterocycles. The lowest BCUT2D eigenvalue weighted by Gasteiger charge is -2.30. The van der Waals surface area contributed by atoms with Crippen molar-refractivity contribution in [2.75, 3.05) is 0 Å². The van der Waals surface area contributed by atoms with Crippen molar-refractivity contribution in [1.29, 1.82) is 0 Å². The van der Waals surface area contributed by atoms with Crippen LogP contribution in [0.25, 0.3) is 0 Å². The SMILES string of the molecule is CC1(C(=O)O)C=CC=C(C(=O)O)C1N. The first kappa shape index (κ1) is 10.5. The van der Waals surface area contributed by atoms with Crippen LogP contribution in [0.2, 0.25) is 0 Å². The summed E-state index contributed by atoms with van der Waals surface area (Å²) in [4.78, 5) is 21.6. The molecule has 2 unspecified atom stereocenters. The standard InChI is InChI=1S/C9H11NO4/c1-9(8(13)14)4-2-3-5(6(9)10)7(11)12/h2-4,6H,10H2,1H3,(H,11,12)(H,13,14). The average Bonchev–Trinajstić information content (AvgIpc) is 2.09. The molecule has 0 heterocycles. The van der Waals surface area contributed by atoms with Gasteiger partial charge in [0.1, 0.15) is 5.41 Å². The van der Waals surface area contributed by atoms with Crippen LogP contribution in [-0.4, -0.2) is 28.2 Å². The van der Waals surface area contributed by atoms with E-state index < -0.39 is 23.4 Å². The first-order chi connectivity index (χ1) is 6.39. The highest BCUT2D eigenvalue weighted by Gasteiger charge is 2.42. The van der Waals surface area contributed by atoms with Crippen LogP contribution in [-0.2, 0) is 9.59 Å². The Balaban J connectivity index is 3.11. The molecule has 0 aliphatic heterocycles. The Morgan fingerprint density at radius 2 is 2.07 bits per heavy atom. The van der Waals surface area contributed by atoms with Gasteiger partial charge in [-0.15, -0.1) is 0 Å². The van der Waals surface area contributed by atoms with Crippen LogP contribution in [0.4, 0.5) is 0 Å². The summed E-state index contributed by atoms with van der Waals surface area (Å²) in [6.45, 7) is 1.40. The van der Waals surface area contributed by atoms with Crippen molar-refractivity contribution in [2.24, 2.45) is 11.1 Å². The Labute approximate surface area is 80.5 Å². The van der Waals surface area contributed by atoms with Gasteiger partial charge in [-0.2, -0.15) is 0 Å². The third-order valence-electron chi connectivity index (χ3n) is 2.41. The maximum absolute atomic E-state index is 10.9. The van der Waals surface area contributed by atoms with Gasteiger partial charge in [0.15, 0.2) is 0 Å². The fraction of sp³-hybridized carbons (Fsp3) is 0.333. The van der Waals surface area contributed by atoms with E-state index in [0.717, 1.165) is 0 Å². The Morgan fingerprint density at radius 3 is 2.50 bits per heavy atom. The van der Waals surface area contributed by atoms with Gasteiger partial charge < -0.3 is 15.9 Å². The van der Waals surface area contributed by atoms with E-state index in [1.165, 1.54) is 25.2 Å². The van der Waals surface area contributed by atoms with E-state index >= 15 is 0 Å². The van der Waals surface area contributed by atoms with Crippen molar-refractivity contribution in [3.63, 3.8) is 0 Å². The van der Waals surface area contributed by atoms with Crippen LogP contribution < -0.4 is 5.73 Å². The van der Waals surface area contributed by atoms with Crippen molar-refractivity contribution in [1.82, 2.24) is 0 Å². The molecule has 0 saturated carbocycles. The first-order valence-corrected chi connectivity index (χ1v) is 4.01. The van der Waals surface area contributed by atoms with E-state index in [4.69, 9.17) is 15.9 Å². The number of carboxylic acid groups (broad SMARTS) is 2. The van der Waals surface area contributed by atoms with E-state index in [2.05, 4.69) is 0 Å². The van der Waals surface area contributed by atoms with Crippen LogP contribution in [0.1, 0.15) is 6.92 Å².